The maximum atomic E-state index is 12.7. The molecule has 0 bridgehead atoms. The Kier molecular flexibility index (Phi) is 4.34. The number of carbonyl (C=O) groups excluding carboxylic acids is 1. The van der Waals surface area contributed by atoms with Gasteiger partial charge in [-0.05, 0) is 31.0 Å². The van der Waals surface area contributed by atoms with Gasteiger partial charge in [-0.15, -0.1) is 0 Å². The molecule has 2 unspecified atom stereocenters. The van der Waals surface area contributed by atoms with Crippen LogP contribution in [0.2, 0.25) is 5.02 Å². The Morgan fingerprint density at radius 3 is 2.90 bits per heavy atom. The molecule has 1 saturated carbocycles. The van der Waals surface area contributed by atoms with Crippen molar-refractivity contribution >= 4 is 33.4 Å². The number of hydrogen-bond donors (Lipinski definition) is 0. The molecule has 1 amide bonds. The molecule has 1 aliphatic heterocycles. The van der Waals surface area contributed by atoms with Crippen molar-refractivity contribution in [2.75, 3.05) is 13.2 Å². The van der Waals surface area contributed by atoms with Crippen molar-refractivity contribution in [3.8, 4) is 0 Å². The first-order valence-corrected chi connectivity index (χ1v) is 8.21. The number of nitrogens with zero attached hydrogens (tertiary/aromatic N) is 1. The molecule has 1 aliphatic carbocycles. The first kappa shape index (κ1) is 14.4. The highest BCUT2D eigenvalue weighted by Gasteiger charge is 2.36. The van der Waals surface area contributed by atoms with E-state index in [1.165, 1.54) is 12.8 Å². The second kappa shape index (κ2) is 6.04. The summed E-state index contributed by atoms with van der Waals surface area (Å²) in [4.78, 5) is 14.7. The van der Waals surface area contributed by atoms with Crippen molar-refractivity contribution in [3.05, 3.63) is 33.3 Å². The van der Waals surface area contributed by atoms with Crippen LogP contribution in [0.4, 0.5) is 0 Å². The number of hydrogen-bond acceptors (Lipinski definition) is 2. The second-order valence-corrected chi connectivity index (χ2v) is 6.77. The lowest BCUT2D eigenvalue weighted by molar-refractivity contribution is -0.0752. The summed E-state index contributed by atoms with van der Waals surface area (Å²) in [5.41, 5.74) is 0.649. The van der Waals surface area contributed by atoms with Crippen molar-refractivity contribution in [2.45, 2.75) is 37.8 Å². The van der Waals surface area contributed by atoms with Gasteiger partial charge in [0.05, 0.1) is 18.8 Å². The van der Waals surface area contributed by atoms with Gasteiger partial charge < -0.3 is 9.64 Å². The minimum Gasteiger partial charge on any atom is -0.374 e. The van der Waals surface area contributed by atoms with Crippen molar-refractivity contribution in [3.63, 3.8) is 0 Å². The molecule has 5 heteroatoms. The normalized spacial score (nSPS) is 26.2. The van der Waals surface area contributed by atoms with Crippen molar-refractivity contribution in [2.24, 2.45) is 0 Å². The van der Waals surface area contributed by atoms with Crippen LogP contribution in [0.5, 0.6) is 0 Å². The predicted octanol–water partition coefficient (Wildman–Crippen LogP) is 3.89. The van der Waals surface area contributed by atoms with Gasteiger partial charge in [0, 0.05) is 21.6 Å². The van der Waals surface area contributed by atoms with Crippen molar-refractivity contribution < 1.29 is 9.53 Å². The molecule has 1 saturated heterocycles. The van der Waals surface area contributed by atoms with E-state index in [4.69, 9.17) is 16.3 Å². The zero-order valence-electron chi connectivity index (χ0n) is 11.1. The van der Waals surface area contributed by atoms with E-state index in [0.717, 1.165) is 17.3 Å². The lowest BCUT2D eigenvalue weighted by atomic mass is 9.89. The number of ether oxygens (including phenoxy) is 1. The standard InChI is InChI=1S/C15H17BrClNO2/c16-11-7-10(8-12(17)9-11)15(19)18-5-6-20-14-4-2-1-3-13(14)18/h7-9,13-14H,1-6H2. The maximum absolute atomic E-state index is 12.7. The Balaban J connectivity index is 1.84. The Labute approximate surface area is 132 Å². The van der Waals surface area contributed by atoms with E-state index in [-0.39, 0.29) is 18.1 Å². The largest absolute Gasteiger partial charge is 0.374 e. The second-order valence-electron chi connectivity index (χ2n) is 5.42. The molecular formula is C15H17BrClNO2. The van der Waals surface area contributed by atoms with Crippen LogP contribution in [0.25, 0.3) is 0 Å². The lowest BCUT2D eigenvalue weighted by Crippen LogP contribution is -2.54. The van der Waals surface area contributed by atoms with Crippen molar-refractivity contribution in [1.29, 1.82) is 0 Å². The van der Waals surface area contributed by atoms with E-state index >= 15 is 0 Å². The van der Waals surface area contributed by atoms with Gasteiger partial charge in [0.2, 0.25) is 0 Å². The summed E-state index contributed by atoms with van der Waals surface area (Å²) in [5.74, 6) is 0.0633. The quantitative estimate of drug-likeness (QED) is 0.762. The summed E-state index contributed by atoms with van der Waals surface area (Å²) in [5, 5.41) is 0.580. The molecule has 1 aromatic rings. The molecular weight excluding hydrogens is 342 g/mol. The summed E-state index contributed by atoms with van der Waals surface area (Å²) in [6.07, 6.45) is 4.69. The molecule has 20 heavy (non-hydrogen) atoms. The summed E-state index contributed by atoms with van der Waals surface area (Å²) in [6.45, 7) is 1.30. The topological polar surface area (TPSA) is 29.5 Å². The smallest absolute Gasteiger partial charge is 0.254 e. The molecule has 2 fully saturated rings. The molecule has 2 atom stereocenters. The number of carbonyl (C=O) groups is 1. The fourth-order valence-corrected chi connectivity index (χ4v) is 4.05. The number of benzene rings is 1. The fourth-order valence-electron chi connectivity index (χ4n) is 3.19. The highest BCUT2D eigenvalue weighted by atomic mass is 79.9. The highest BCUT2D eigenvalue weighted by Crippen LogP contribution is 2.30. The van der Waals surface area contributed by atoms with E-state index in [9.17, 15) is 4.79 Å². The number of halogens is 2. The third-order valence-electron chi connectivity index (χ3n) is 4.10. The number of morpholine rings is 1. The number of fused-ring (bicyclic) bond motifs is 1. The maximum Gasteiger partial charge on any atom is 0.254 e. The Morgan fingerprint density at radius 1 is 1.30 bits per heavy atom. The molecule has 1 aromatic carbocycles. The van der Waals surface area contributed by atoms with Gasteiger partial charge in [0.1, 0.15) is 0 Å². The van der Waals surface area contributed by atoms with Crippen LogP contribution in [-0.2, 0) is 4.74 Å². The van der Waals surface area contributed by atoms with Crippen LogP contribution in [0.1, 0.15) is 36.0 Å². The summed E-state index contributed by atoms with van der Waals surface area (Å²) >= 11 is 9.44. The van der Waals surface area contributed by atoms with E-state index in [1.54, 1.807) is 12.1 Å². The molecule has 1 heterocycles. The molecule has 108 valence electrons. The monoisotopic (exact) mass is 357 g/mol. The molecule has 3 rings (SSSR count). The van der Waals surface area contributed by atoms with Gasteiger partial charge in [-0.3, -0.25) is 4.79 Å². The zero-order valence-corrected chi connectivity index (χ0v) is 13.5. The molecule has 0 radical (unpaired) electrons. The molecule has 0 aromatic heterocycles. The third kappa shape index (κ3) is 2.87. The van der Waals surface area contributed by atoms with E-state index in [0.29, 0.717) is 23.7 Å². The molecule has 3 nitrogen and oxygen atoms in total. The SMILES string of the molecule is O=C(c1cc(Cl)cc(Br)c1)N1CCOC2CCCCC21. The van der Waals surface area contributed by atoms with Crippen LogP contribution < -0.4 is 0 Å². The Morgan fingerprint density at radius 2 is 2.10 bits per heavy atom. The molecule has 2 aliphatic rings. The Bertz CT molecular complexity index is 500. The molecule has 0 spiro atoms. The average Bonchev–Trinajstić information content (AvgIpc) is 2.45. The summed E-state index contributed by atoms with van der Waals surface area (Å²) in [6, 6.07) is 5.59. The van der Waals surface area contributed by atoms with E-state index in [1.807, 2.05) is 11.0 Å². The van der Waals surface area contributed by atoms with Crippen LogP contribution in [0.15, 0.2) is 22.7 Å². The van der Waals surface area contributed by atoms with Gasteiger partial charge in [-0.2, -0.15) is 0 Å². The summed E-state index contributed by atoms with van der Waals surface area (Å²) in [7, 11) is 0. The predicted molar refractivity (Wildman–Crippen MR) is 82.2 cm³/mol. The highest BCUT2D eigenvalue weighted by molar-refractivity contribution is 9.10. The zero-order chi connectivity index (χ0) is 14.1. The van der Waals surface area contributed by atoms with Gasteiger partial charge in [-0.1, -0.05) is 40.4 Å². The average molecular weight is 359 g/mol. The van der Waals surface area contributed by atoms with E-state index in [2.05, 4.69) is 15.9 Å². The van der Waals surface area contributed by atoms with Crippen LogP contribution in [0, 0.1) is 0 Å². The van der Waals surface area contributed by atoms with Gasteiger partial charge in [0.15, 0.2) is 0 Å². The summed E-state index contributed by atoms with van der Waals surface area (Å²) < 4.78 is 6.65. The fraction of sp³-hybridized carbons (Fsp3) is 0.533. The first-order chi connectivity index (χ1) is 9.65. The lowest BCUT2D eigenvalue weighted by Gasteiger charge is -2.43. The number of amides is 1. The van der Waals surface area contributed by atoms with Gasteiger partial charge in [0.25, 0.3) is 5.91 Å². The van der Waals surface area contributed by atoms with Crippen LogP contribution in [-0.4, -0.2) is 36.1 Å². The van der Waals surface area contributed by atoms with Crippen molar-refractivity contribution in [1.82, 2.24) is 4.90 Å². The van der Waals surface area contributed by atoms with Gasteiger partial charge in [-0.25, -0.2) is 0 Å². The Hall–Kier alpha value is -0.580. The van der Waals surface area contributed by atoms with Gasteiger partial charge >= 0.3 is 0 Å². The van der Waals surface area contributed by atoms with Crippen LogP contribution in [0.3, 0.4) is 0 Å². The third-order valence-corrected chi connectivity index (χ3v) is 4.78. The van der Waals surface area contributed by atoms with E-state index < -0.39 is 0 Å². The van der Waals surface area contributed by atoms with Crippen LogP contribution >= 0.6 is 27.5 Å². The minimum absolute atomic E-state index is 0.0633. The minimum atomic E-state index is 0.0633. The number of rotatable bonds is 1. The molecule has 0 N–H and O–H groups in total. The first-order valence-electron chi connectivity index (χ1n) is 7.04.